The summed E-state index contributed by atoms with van der Waals surface area (Å²) in [7, 11) is 0. The van der Waals surface area contributed by atoms with Gasteiger partial charge in [-0.15, -0.1) is 0 Å². The van der Waals surface area contributed by atoms with Crippen LogP contribution in [-0.2, 0) is 0 Å². The fraction of sp³-hybridized carbons (Fsp3) is 0.333. The molecule has 0 rings (SSSR count). The first-order valence-electron chi connectivity index (χ1n) is 4.48. The minimum atomic E-state index is 0.832. The van der Waals surface area contributed by atoms with E-state index >= 15 is 0 Å². The number of allylic oxidation sites excluding steroid dienone is 8. The molecule has 13 heavy (non-hydrogen) atoms. The molecule has 0 saturated carbocycles. The zero-order valence-electron chi connectivity index (χ0n) is 8.96. The highest BCUT2D eigenvalue weighted by atomic mass is 14.5. The fourth-order valence-corrected chi connectivity index (χ4v) is 0.760. The first kappa shape index (κ1) is 11.8. The minimum absolute atomic E-state index is 0.832. The van der Waals surface area contributed by atoms with Crippen LogP contribution in [0.25, 0.3) is 0 Å². The van der Waals surface area contributed by atoms with Gasteiger partial charge in [0.1, 0.15) is 0 Å². The van der Waals surface area contributed by atoms with E-state index in [9.17, 15) is 0 Å². The Labute approximate surface area is 81.3 Å². The number of nitrogens with two attached hydrogens (primary N) is 1. The van der Waals surface area contributed by atoms with E-state index in [1.807, 2.05) is 38.2 Å². The standard InChI is InChI=1S/C12H19N/c1-5-6-7-10(2)11(3)8-9-12(4)13/h5-9H,13H2,1-4H3/b6-5-,10-7+,11-8+,12-9+. The Morgan fingerprint density at radius 3 is 1.92 bits per heavy atom. The van der Waals surface area contributed by atoms with Crippen LogP contribution in [0, 0.1) is 0 Å². The van der Waals surface area contributed by atoms with Crippen LogP contribution in [0.3, 0.4) is 0 Å². The molecule has 2 N–H and O–H groups in total. The van der Waals surface area contributed by atoms with Gasteiger partial charge in [-0.05, 0) is 44.9 Å². The maximum Gasteiger partial charge on any atom is 0.00489 e. The Morgan fingerprint density at radius 2 is 1.46 bits per heavy atom. The molecule has 0 atom stereocenters. The maximum absolute atomic E-state index is 5.52. The summed E-state index contributed by atoms with van der Waals surface area (Å²) in [6.45, 7) is 8.06. The first-order chi connectivity index (χ1) is 6.07. The zero-order valence-corrected chi connectivity index (χ0v) is 8.96. The summed E-state index contributed by atoms with van der Waals surface area (Å²) in [5.74, 6) is 0. The predicted octanol–water partition coefficient (Wildman–Crippen LogP) is 3.32. The lowest BCUT2D eigenvalue weighted by Crippen LogP contribution is -1.88. The monoisotopic (exact) mass is 177 g/mol. The highest BCUT2D eigenvalue weighted by molar-refractivity contribution is 5.33. The van der Waals surface area contributed by atoms with Gasteiger partial charge in [-0.2, -0.15) is 0 Å². The number of hydrogen-bond donors (Lipinski definition) is 1. The third kappa shape index (κ3) is 5.97. The lowest BCUT2D eigenvalue weighted by molar-refractivity contribution is 1.29. The maximum atomic E-state index is 5.52. The molecule has 0 unspecified atom stereocenters. The molecule has 0 aromatic heterocycles. The van der Waals surface area contributed by atoms with Crippen molar-refractivity contribution in [2.75, 3.05) is 0 Å². The highest BCUT2D eigenvalue weighted by Gasteiger charge is 1.88. The fourth-order valence-electron chi connectivity index (χ4n) is 0.760. The molecule has 0 radical (unpaired) electrons. The molecule has 0 heterocycles. The molecular weight excluding hydrogens is 158 g/mol. The lowest BCUT2D eigenvalue weighted by Gasteiger charge is -1.97. The van der Waals surface area contributed by atoms with Crippen molar-refractivity contribution < 1.29 is 0 Å². The second kappa shape index (κ2) is 6.30. The van der Waals surface area contributed by atoms with Crippen molar-refractivity contribution in [2.45, 2.75) is 27.7 Å². The van der Waals surface area contributed by atoms with E-state index < -0.39 is 0 Å². The minimum Gasteiger partial charge on any atom is -0.402 e. The van der Waals surface area contributed by atoms with Crippen molar-refractivity contribution in [3.8, 4) is 0 Å². The second-order valence-electron chi connectivity index (χ2n) is 3.14. The Kier molecular flexibility index (Phi) is 5.69. The normalized spacial score (nSPS) is 15.5. The van der Waals surface area contributed by atoms with E-state index in [0.29, 0.717) is 0 Å². The van der Waals surface area contributed by atoms with Crippen molar-refractivity contribution in [2.24, 2.45) is 5.73 Å². The van der Waals surface area contributed by atoms with Gasteiger partial charge in [-0.25, -0.2) is 0 Å². The van der Waals surface area contributed by atoms with Gasteiger partial charge in [0.25, 0.3) is 0 Å². The predicted molar refractivity (Wildman–Crippen MR) is 60.3 cm³/mol. The van der Waals surface area contributed by atoms with Gasteiger partial charge in [-0.3, -0.25) is 0 Å². The average molecular weight is 177 g/mol. The molecule has 0 aliphatic heterocycles. The molecule has 0 aromatic carbocycles. The van der Waals surface area contributed by atoms with E-state index in [1.165, 1.54) is 11.1 Å². The van der Waals surface area contributed by atoms with Gasteiger partial charge < -0.3 is 5.73 Å². The number of rotatable bonds is 3. The van der Waals surface area contributed by atoms with Crippen LogP contribution < -0.4 is 5.73 Å². The molecule has 0 aromatic rings. The summed E-state index contributed by atoms with van der Waals surface area (Å²) >= 11 is 0. The van der Waals surface area contributed by atoms with Crippen molar-refractivity contribution >= 4 is 0 Å². The SMILES string of the molecule is C\C=C/C=C(C)/C(C)=C/C=C(\C)N. The molecule has 0 amide bonds. The first-order valence-corrected chi connectivity index (χ1v) is 4.48. The largest absolute Gasteiger partial charge is 0.402 e. The van der Waals surface area contributed by atoms with Crippen LogP contribution in [0.4, 0.5) is 0 Å². The Morgan fingerprint density at radius 1 is 0.923 bits per heavy atom. The van der Waals surface area contributed by atoms with Gasteiger partial charge in [0.05, 0.1) is 0 Å². The third-order valence-electron chi connectivity index (χ3n) is 1.76. The Hall–Kier alpha value is -1.24. The molecule has 1 heteroatoms. The van der Waals surface area contributed by atoms with Crippen LogP contribution in [0.2, 0.25) is 0 Å². The zero-order chi connectivity index (χ0) is 10.3. The van der Waals surface area contributed by atoms with Crippen LogP contribution >= 0.6 is 0 Å². The molecule has 0 fully saturated rings. The summed E-state index contributed by atoms with van der Waals surface area (Å²) in [4.78, 5) is 0. The average Bonchev–Trinajstić information content (AvgIpc) is 2.10. The van der Waals surface area contributed by atoms with Crippen LogP contribution in [0.15, 0.2) is 47.2 Å². The van der Waals surface area contributed by atoms with Crippen LogP contribution in [0.1, 0.15) is 27.7 Å². The summed E-state index contributed by atoms with van der Waals surface area (Å²) in [5, 5.41) is 0. The molecule has 0 aliphatic rings. The lowest BCUT2D eigenvalue weighted by atomic mass is 10.1. The van der Waals surface area contributed by atoms with Crippen molar-refractivity contribution in [3.05, 3.63) is 47.2 Å². The van der Waals surface area contributed by atoms with Crippen molar-refractivity contribution in [1.29, 1.82) is 0 Å². The van der Waals surface area contributed by atoms with Gasteiger partial charge in [0.15, 0.2) is 0 Å². The quantitative estimate of drug-likeness (QED) is 0.657. The van der Waals surface area contributed by atoms with Gasteiger partial charge in [-0.1, -0.05) is 24.3 Å². The summed E-state index contributed by atoms with van der Waals surface area (Å²) in [6, 6.07) is 0. The molecule has 0 spiro atoms. The van der Waals surface area contributed by atoms with Crippen molar-refractivity contribution in [3.63, 3.8) is 0 Å². The molecule has 1 nitrogen and oxygen atoms in total. The highest BCUT2D eigenvalue weighted by Crippen LogP contribution is 2.08. The summed E-state index contributed by atoms with van der Waals surface area (Å²) in [6.07, 6.45) is 10.1. The molecule has 72 valence electrons. The van der Waals surface area contributed by atoms with E-state index in [4.69, 9.17) is 5.73 Å². The molecular formula is C12H19N. The summed E-state index contributed by atoms with van der Waals surface area (Å²) < 4.78 is 0. The molecule has 0 saturated heterocycles. The van der Waals surface area contributed by atoms with Gasteiger partial charge in [0, 0.05) is 5.70 Å². The summed E-state index contributed by atoms with van der Waals surface area (Å²) in [5.41, 5.74) is 8.85. The number of hydrogen-bond acceptors (Lipinski definition) is 1. The second-order valence-corrected chi connectivity index (χ2v) is 3.14. The van der Waals surface area contributed by atoms with Gasteiger partial charge >= 0.3 is 0 Å². The molecule has 0 aliphatic carbocycles. The van der Waals surface area contributed by atoms with E-state index in [2.05, 4.69) is 19.9 Å². The smallest absolute Gasteiger partial charge is 0.00489 e. The van der Waals surface area contributed by atoms with E-state index in [0.717, 1.165) is 5.70 Å². The van der Waals surface area contributed by atoms with E-state index in [1.54, 1.807) is 0 Å². The Bertz CT molecular complexity index is 261. The topological polar surface area (TPSA) is 26.0 Å². The van der Waals surface area contributed by atoms with Crippen molar-refractivity contribution in [1.82, 2.24) is 0 Å². The van der Waals surface area contributed by atoms with E-state index in [-0.39, 0.29) is 0 Å². The Balaban J connectivity index is 4.50. The van der Waals surface area contributed by atoms with Crippen LogP contribution in [0.5, 0.6) is 0 Å². The third-order valence-corrected chi connectivity index (χ3v) is 1.76. The van der Waals surface area contributed by atoms with Crippen LogP contribution in [-0.4, -0.2) is 0 Å². The molecule has 0 bridgehead atoms. The van der Waals surface area contributed by atoms with Gasteiger partial charge in [0.2, 0.25) is 0 Å².